The van der Waals surface area contributed by atoms with Crippen molar-refractivity contribution in [2.75, 3.05) is 13.7 Å². The Morgan fingerprint density at radius 2 is 2.03 bits per heavy atom. The van der Waals surface area contributed by atoms with Crippen molar-refractivity contribution >= 4 is 5.91 Å². The number of rotatable bonds is 6. The molecule has 1 unspecified atom stereocenters. The Balaban J connectivity index is 1.52. The van der Waals surface area contributed by atoms with Gasteiger partial charge >= 0.3 is 0 Å². The zero-order chi connectivity index (χ0) is 20.2. The fraction of sp³-hybridized carbons (Fsp3) is 0.500. The SMILES string of the molecule is COc1ccc(Cn2c(C)cnc2C2CCCN2C(=O)CC2=CCCCC2)cc1. The molecule has 5 heteroatoms. The molecule has 1 aliphatic carbocycles. The topological polar surface area (TPSA) is 47.4 Å². The number of carbonyl (C=O) groups excluding carboxylic acids is 1. The lowest BCUT2D eigenvalue weighted by Gasteiger charge is -2.26. The lowest BCUT2D eigenvalue weighted by molar-refractivity contribution is -0.131. The maximum atomic E-state index is 13.1. The van der Waals surface area contributed by atoms with Crippen LogP contribution in [0.1, 0.15) is 68.1 Å². The molecule has 1 saturated heterocycles. The van der Waals surface area contributed by atoms with Gasteiger partial charge in [0.15, 0.2) is 0 Å². The molecule has 154 valence electrons. The minimum absolute atomic E-state index is 0.0821. The highest BCUT2D eigenvalue weighted by Crippen LogP contribution is 2.34. The molecule has 0 spiro atoms. The van der Waals surface area contributed by atoms with Crippen LogP contribution in [-0.2, 0) is 11.3 Å². The highest BCUT2D eigenvalue weighted by Gasteiger charge is 2.33. The number of ether oxygens (including phenoxy) is 1. The molecule has 2 heterocycles. The van der Waals surface area contributed by atoms with E-state index in [1.807, 2.05) is 18.3 Å². The quantitative estimate of drug-likeness (QED) is 0.662. The lowest BCUT2D eigenvalue weighted by Crippen LogP contribution is -2.32. The maximum Gasteiger partial charge on any atom is 0.227 e. The molecule has 0 radical (unpaired) electrons. The first-order valence-electron chi connectivity index (χ1n) is 10.8. The van der Waals surface area contributed by atoms with Crippen molar-refractivity contribution < 1.29 is 9.53 Å². The Bertz CT molecular complexity index is 882. The molecule has 0 N–H and O–H groups in total. The first-order chi connectivity index (χ1) is 14.2. The van der Waals surface area contributed by atoms with Gasteiger partial charge in [-0.15, -0.1) is 0 Å². The van der Waals surface area contributed by atoms with Gasteiger partial charge in [-0.25, -0.2) is 4.98 Å². The van der Waals surface area contributed by atoms with E-state index in [-0.39, 0.29) is 11.9 Å². The van der Waals surface area contributed by atoms with Gasteiger partial charge in [-0.1, -0.05) is 23.8 Å². The molecule has 0 bridgehead atoms. The zero-order valence-electron chi connectivity index (χ0n) is 17.6. The van der Waals surface area contributed by atoms with E-state index in [1.165, 1.54) is 24.0 Å². The number of likely N-dealkylation sites (tertiary alicyclic amines) is 1. The smallest absolute Gasteiger partial charge is 0.227 e. The predicted octanol–water partition coefficient (Wildman–Crippen LogP) is 4.80. The second-order valence-corrected chi connectivity index (χ2v) is 8.22. The number of carbonyl (C=O) groups is 1. The molecular weight excluding hydrogens is 362 g/mol. The van der Waals surface area contributed by atoms with E-state index in [0.717, 1.165) is 56.0 Å². The zero-order valence-corrected chi connectivity index (χ0v) is 17.6. The molecule has 4 rings (SSSR count). The van der Waals surface area contributed by atoms with Crippen LogP contribution in [0.5, 0.6) is 5.75 Å². The van der Waals surface area contributed by atoms with Crippen LogP contribution in [0.15, 0.2) is 42.1 Å². The summed E-state index contributed by atoms with van der Waals surface area (Å²) in [6, 6.07) is 8.25. The summed E-state index contributed by atoms with van der Waals surface area (Å²) < 4.78 is 7.53. The van der Waals surface area contributed by atoms with Crippen LogP contribution in [0.2, 0.25) is 0 Å². The van der Waals surface area contributed by atoms with E-state index in [4.69, 9.17) is 9.72 Å². The third-order valence-corrected chi connectivity index (χ3v) is 6.22. The molecule has 1 amide bonds. The Hall–Kier alpha value is -2.56. The summed E-state index contributed by atoms with van der Waals surface area (Å²) >= 11 is 0. The fourth-order valence-corrected chi connectivity index (χ4v) is 4.56. The third kappa shape index (κ3) is 4.39. The number of aryl methyl sites for hydroxylation is 1. The molecule has 29 heavy (non-hydrogen) atoms. The van der Waals surface area contributed by atoms with Crippen LogP contribution in [-0.4, -0.2) is 34.0 Å². The third-order valence-electron chi connectivity index (χ3n) is 6.22. The standard InChI is InChI=1S/C24H31N3O2/c1-18-16-25-24(27(18)17-20-10-12-21(29-2)13-11-20)22-9-6-14-26(22)23(28)15-19-7-4-3-5-8-19/h7,10-13,16,22H,3-6,8-9,14-15,17H2,1-2H3. The average molecular weight is 394 g/mol. The Labute approximate surface area is 173 Å². The van der Waals surface area contributed by atoms with Gasteiger partial charge in [0.05, 0.1) is 13.2 Å². The molecule has 1 aliphatic heterocycles. The summed E-state index contributed by atoms with van der Waals surface area (Å²) in [6.07, 6.45) is 11.5. The second-order valence-electron chi connectivity index (χ2n) is 8.22. The number of nitrogens with zero attached hydrogens (tertiary/aromatic N) is 3. The highest BCUT2D eigenvalue weighted by molar-refractivity contribution is 5.79. The number of hydrogen-bond acceptors (Lipinski definition) is 3. The Morgan fingerprint density at radius 1 is 1.21 bits per heavy atom. The number of allylic oxidation sites excluding steroid dienone is 1. The van der Waals surface area contributed by atoms with Gasteiger partial charge in [-0.2, -0.15) is 0 Å². The number of amides is 1. The van der Waals surface area contributed by atoms with E-state index < -0.39 is 0 Å². The largest absolute Gasteiger partial charge is 0.497 e. The molecule has 5 nitrogen and oxygen atoms in total. The van der Waals surface area contributed by atoms with Crippen molar-refractivity contribution in [3.8, 4) is 5.75 Å². The Morgan fingerprint density at radius 3 is 2.76 bits per heavy atom. The summed E-state index contributed by atoms with van der Waals surface area (Å²) in [5.74, 6) is 2.14. The summed E-state index contributed by atoms with van der Waals surface area (Å²) in [7, 11) is 1.68. The van der Waals surface area contributed by atoms with Gasteiger partial charge in [0.2, 0.25) is 5.91 Å². The molecule has 1 atom stereocenters. The van der Waals surface area contributed by atoms with Gasteiger partial charge in [-0.3, -0.25) is 4.79 Å². The van der Waals surface area contributed by atoms with Crippen molar-refractivity contribution in [3.05, 3.63) is 59.2 Å². The van der Waals surface area contributed by atoms with Crippen molar-refractivity contribution in [2.24, 2.45) is 0 Å². The number of benzene rings is 1. The molecular formula is C24H31N3O2. The normalized spacial score (nSPS) is 19.3. The summed E-state index contributed by atoms with van der Waals surface area (Å²) in [4.78, 5) is 19.9. The second kappa shape index (κ2) is 8.85. The molecule has 2 aliphatic rings. The molecule has 0 saturated carbocycles. The van der Waals surface area contributed by atoms with Crippen LogP contribution < -0.4 is 4.74 Å². The van der Waals surface area contributed by atoms with E-state index >= 15 is 0 Å². The lowest BCUT2D eigenvalue weighted by atomic mass is 9.96. The summed E-state index contributed by atoms with van der Waals surface area (Å²) in [5.41, 5.74) is 3.66. The minimum Gasteiger partial charge on any atom is -0.497 e. The van der Waals surface area contributed by atoms with Crippen LogP contribution in [0.4, 0.5) is 0 Å². The van der Waals surface area contributed by atoms with Gasteiger partial charge in [-0.05, 0) is 63.1 Å². The molecule has 2 aromatic rings. The van der Waals surface area contributed by atoms with Crippen molar-refractivity contribution in [1.29, 1.82) is 0 Å². The van der Waals surface area contributed by atoms with Gasteiger partial charge in [0.1, 0.15) is 11.6 Å². The first kappa shape index (κ1) is 19.7. The fourth-order valence-electron chi connectivity index (χ4n) is 4.56. The van der Waals surface area contributed by atoms with Crippen LogP contribution in [0.3, 0.4) is 0 Å². The van der Waals surface area contributed by atoms with Crippen molar-refractivity contribution in [1.82, 2.24) is 14.5 Å². The molecule has 1 aromatic carbocycles. The number of hydrogen-bond donors (Lipinski definition) is 0. The molecule has 1 aromatic heterocycles. The van der Waals surface area contributed by atoms with Gasteiger partial charge in [0.25, 0.3) is 0 Å². The van der Waals surface area contributed by atoms with Crippen molar-refractivity contribution in [3.63, 3.8) is 0 Å². The number of imidazole rings is 1. The minimum atomic E-state index is 0.0821. The van der Waals surface area contributed by atoms with Gasteiger partial charge in [0, 0.05) is 31.4 Å². The number of methoxy groups -OCH3 is 1. The van der Waals surface area contributed by atoms with E-state index in [1.54, 1.807) is 7.11 Å². The highest BCUT2D eigenvalue weighted by atomic mass is 16.5. The van der Waals surface area contributed by atoms with Crippen molar-refractivity contribution in [2.45, 2.75) is 64.5 Å². The molecule has 1 fully saturated rings. The van der Waals surface area contributed by atoms with E-state index in [0.29, 0.717) is 6.42 Å². The first-order valence-corrected chi connectivity index (χ1v) is 10.8. The Kier molecular flexibility index (Phi) is 6.02. The summed E-state index contributed by atoms with van der Waals surface area (Å²) in [6.45, 7) is 3.69. The monoisotopic (exact) mass is 393 g/mol. The van der Waals surface area contributed by atoms with Crippen LogP contribution >= 0.6 is 0 Å². The number of aromatic nitrogens is 2. The van der Waals surface area contributed by atoms with E-state index in [9.17, 15) is 4.79 Å². The van der Waals surface area contributed by atoms with Crippen LogP contribution in [0, 0.1) is 6.92 Å². The average Bonchev–Trinajstić information content (AvgIpc) is 3.36. The predicted molar refractivity (Wildman–Crippen MR) is 114 cm³/mol. The van der Waals surface area contributed by atoms with Gasteiger partial charge < -0.3 is 14.2 Å². The van der Waals surface area contributed by atoms with E-state index in [2.05, 4.69) is 34.6 Å². The summed E-state index contributed by atoms with van der Waals surface area (Å²) in [5, 5.41) is 0. The van der Waals surface area contributed by atoms with Crippen LogP contribution in [0.25, 0.3) is 0 Å². The maximum absolute atomic E-state index is 13.1.